The van der Waals surface area contributed by atoms with E-state index in [9.17, 15) is 13.2 Å². The highest BCUT2D eigenvalue weighted by Gasteiger charge is 2.52. The Morgan fingerprint density at radius 1 is 1.08 bits per heavy atom. The summed E-state index contributed by atoms with van der Waals surface area (Å²) in [4.78, 5) is 0. The average molecular weight is 354 g/mol. The largest absolute Gasteiger partial charge is 0.573 e. The highest BCUT2D eigenvalue weighted by molar-refractivity contribution is 6.62. The molecular weight excluding hydrogens is 336 g/mol. The van der Waals surface area contributed by atoms with Crippen LogP contribution < -0.4 is 10.2 Å². The molecular formula is C16H18BF3N2O3. The Morgan fingerprint density at radius 3 is 2.28 bits per heavy atom. The second-order valence-corrected chi connectivity index (χ2v) is 6.82. The van der Waals surface area contributed by atoms with Gasteiger partial charge in [-0.2, -0.15) is 5.10 Å². The van der Waals surface area contributed by atoms with Crippen molar-refractivity contribution in [2.75, 3.05) is 0 Å². The fourth-order valence-corrected chi connectivity index (χ4v) is 2.43. The molecule has 3 rings (SSSR count). The predicted molar refractivity (Wildman–Crippen MR) is 86.0 cm³/mol. The Kier molecular flexibility index (Phi) is 4.11. The molecule has 0 bridgehead atoms. The number of nitrogens with zero attached hydrogens (tertiary/aromatic N) is 2. The summed E-state index contributed by atoms with van der Waals surface area (Å²) in [6.45, 7) is 7.68. The summed E-state index contributed by atoms with van der Waals surface area (Å²) in [5, 5.41) is 4.13. The zero-order valence-corrected chi connectivity index (χ0v) is 14.3. The first-order chi connectivity index (χ1) is 11.5. The number of hydrogen-bond donors (Lipinski definition) is 0. The van der Waals surface area contributed by atoms with Gasteiger partial charge in [0.2, 0.25) is 0 Å². The first-order valence-electron chi connectivity index (χ1n) is 7.74. The molecule has 0 amide bonds. The SMILES string of the molecule is CC1(C)OB(c2cnn(-c3ccccc3OC(F)(F)F)c2)OC1(C)C. The molecule has 2 aromatic rings. The van der Waals surface area contributed by atoms with Gasteiger partial charge in [-0.05, 0) is 39.8 Å². The Morgan fingerprint density at radius 2 is 1.68 bits per heavy atom. The molecule has 9 heteroatoms. The van der Waals surface area contributed by atoms with E-state index in [1.807, 2.05) is 27.7 Å². The van der Waals surface area contributed by atoms with Crippen molar-refractivity contribution in [1.82, 2.24) is 9.78 Å². The van der Waals surface area contributed by atoms with Crippen LogP contribution in [0, 0.1) is 0 Å². The third kappa shape index (κ3) is 3.52. The highest BCUT2D eigenvalue weighted by Crippen LogP contribution is 2.36. The molecule has 0 radical (unpaired) electrons. The normalized spacial score (nSPS) is 19.2. The van der Waals surface area contributed by atoms with Gasteiger partial charge in [0, 0.05) is 17.9 Å². The minimum Gasteiger partial charge on any atom is -0.403 e. The van der Waals surface area contributed by atoms with Gasteiger partial charge in [0.15, 0.2) is 5.75 Å². The lowest BCUT2D eigenvalue weighted by molar-refractivity contribution is -0.274. The zero-order valence-electron chi connectivity index (χ0n) is 14.3. The minimum atomic E-state index is -4.78. The maximum Gasteiger partial charge on any atom is 0.573 e. The number of rotatable bonds is 3. The van der Waals surface area contributed by atoms with Crippen molar-refractivity contribution in [1.29, 1.82) is 0 Å². The lowest BCUT2D eigenvalue weighted by atomic mass is 9.82. The van der Waals surface area contributed by atoms with E-state index < -0.39 is 24.7 Å². The standard InChI is InChI=1S/C16H18BF3N2O3/c1-14(2)15(3,4)25-17(24-14)11-9-21-22(10-11)12-7-5-6-8-13(12)23-16(18,19)20/h5-10H,1-4H3. The molecule has 1 aromatic carbocycles. The first-order valence-corrected chi connectivity index (χ1v) is 7.74. The monoisotopic (exact) mass is 354 g/mol. The Bertz CT molecular complexity index is 758. The van der Waals surface area contributed by atoms with E-state index >= 15 is 0 Å². The number of aromatic nitrogens is 2. The highest BCUT2D eigenvalue weighted by atomic mass is 19.4. The van der Waals surface area contributed by atoms with Crippen LogP contribution in [-0.4, -0.2) is 34.5 Å². The lowest BCUT2D eigenvalue weighted by Crippen LogP contribution is -2.41. The molecule has 0 spiro atoms. The number of para-hydroxylation sites is 2. The van der Waals surface area contributed by atoms with E-state index in [0.29, 0.717) is 5.46 Å². The van der Waals surface area contributed by atoms with Crippen LogP contribution in [-0.2, 0) is 9.31 Å². The molecule has 1 saturated heterocycles. The molecule has 25 heavy (non-hydrogen) atoms. The van der Waals surface area contributed by atoms with E-state index in [1.54, 1.807) is 12.3 Å². The van der Waals surface area contributed by atoms with Crippen molar-refractivity contribution in [3.63, 3.8) is 0 Å². The average Bonchev–Trinajstić information content (AvgIpc) is 3.01. The summed E-state index contributed by atoms with van der Waals surface area (Å²) in [5.41, 5.74) is -0.253. The molecule has 1 aliphatic rings. The predicted octanol–water partition coefficient (Wildman–Crippen LogP) is 3.07. The molecule has 134 valence electrons. The van der Waals surface area contributed by atoms with Gasteiger partial charge in [0.25, 0.3) is 0 Å². The van der Waals surface area contributed by atoms with Crippen molar-refractivity contribution in [2.45, 2.75) is 45.3 Å². The van der Waals surface area contributed by atoms with Gasteiger partial charge in [-0.15, -0.1) is 13.2 Å². The number of ether oxygens (including phenoxy) is 1. The third-order valence-corrected chi connectivity index (χ3v) is 4.47. The number of hydrogen-bond acceptors (Lipinski definition) is 4. The maximum absolute atomic E-state index is 12.6. The van der Waals surface area contributed by atoms with Crippen LogP contribution in [0.25, 0.3) is 5.69 Å². The smallest absolute Gasteiger partial charge is 0.403 e. The topological polar surface area (TPSA) is 45.5 Å². The molecule has 1 aliphatic heterocycles. The maximum atomic E-state index is 12.6. The van der Waals surface area contributed by atoms with Gasteiger partial charge in [0.05, 0.1) is 11.2 Å². The van der Waals surface area contributed by atoms with Gasteiger partial charge in [0.1, 0.15) is 5.69 Å². The Hall–Kier alpha value is -2.00. The van der Waals surface area contributed by atoms with Crippen molar-refractivity contribution >= 4 is 12.6 Å². The quantitative estimate of drug-likeness (QED) is 0.795. The molecule has 5 nitrogen and oxygen atoms in total. The van der Waals surface area contributed by atoms with Gasteiger partial charge in [-0.25, -0.2) is 4.68 Å². The van der Waals surface area contributed by atoms with E-state index in [0.717, 1.165) is 0 Å². The molecule has 0 N–H and O–H groups in total. The van der Waals surface area contributed by atoms with Crippen molar-refractivity contribution in [3.05, 3.63) is 36.7 Å². The van der Waals surface area contributed by atoms with E-state index in [4.69, 9.17) is 9.31 Å². The fraction of sp³-hybridized carbons (Fsp3) is 0.438. The molecule has 0 saturated carbocycles. The van der Waals surface area contributed by atoms with Crippen LogP contribution in [0.3, 0.4) is 0 Å². The van der Waals surface area contributed by atoms with Crippen molar-refractivity contribution < 1.29 is 27.2 Å². The Labute approximate surface area is 143 Å². The van der Waals surface area contributed by atoms with E-state index in [1.165, 1.54) is 29.1 Å². The molecule has 1 aromatic heterocycles. The summed E-state index contributed by atoms with van der Waals surface area (Å²) in [7, 11) is -0.644. The summed E-state index contributed by atoms with van der Waals surface area (Å²) in [5.74, 6) is -0.335. The van der Waals surface area contributed by atoms with Crippen molar-refractivity contribution in [2.24, 2.45) is 0 Å². The van der Waals surface area contributed by atoms with Crippen LogP contribution in [0.15, 0.2) is 36.7 Å². The summed E-state index contributed by atoms with van der Waals surface area (Å²) in [6, 6.07) is 5.79. The third-order valence-electron chi connectivity index (χ3n) is 4.47. The molecule has 0 unspecified atom stereocenters. The molecule has 1 fully saturated rings. The second kappa shape index (κ2) is 5.77. The number of halogens is 3. The number of alkyl halides is 3. The lowest BCUT2D eigenvalue weighted by Gasteiger charge is -2.32. The van der Waals surface area contributed by atoms with Crippen LogP contribution in [0.2, 0.25) is 0 Å². The Balaban J connectivity index is 1.89. The fourth-order valence-electron chi connectivity index (χ4n) is 2.43. The summed E-state index contributed by atoms with van der Waals surface area (Å²) >= 11 is 0. The van der Waals surface area contributed by atoms with Gasteiger partial charge in [-0.1, -0.05) is 12.1 Å². The van der Waals surface area contributed by atoms with Gasteiger partial charge in [-0.3, -0.25) is 0 Å². The number of benzene rings is 1. The van der Waals surface area contributed by atoms with E-state index in [-0.39, 0.29) is 11.4 Å². The molecule has 0 atom stereocenters. The molecule has 2 heterocycles. The van der Waals surface area contributed by atoms with Crippen molar-refractivity contribution in [3.8, 4) is 11.4 Å². The summed E-state index contributed by atoms with van der Waals surface area (Å²) in [6.07, 6.45) is -1.70. The second-order valence-electron chi connectivity index (χ2n) is 6.82. The van der Waals surface area contributed by atoms with Crippen LogP contribution in [0.1, 0.15) is 27.7 Å². The van der Waals surface area contributed by atoms with Gasteiger partial charge < -0.3 is 14.0 Å². The van der Waals surface area contributed by atoms with Crippen LogP contribution in [0.4, 0.5) is 13.2 Å². The zero-order chi connectivity index (χ0) is 18.5. The van der Waals surface area contributed by atoms with Gasteiger partial charge >= 0.3 is 13.5 Å². The first kappa shape index (κ1) is 17.8. The van der Waals surface area contributed by atoms with Crippen LogP contribution in [0.5, 0.6) is 5.75 Å². The summed E-state index contributed by atoms with van der Waals surface area (Å²) < 4.78 is 54.9. The van der Waals surface area contributed by atoms with E-state index in [2.05, 4.69) is 9.84 Å². The molecule has 0 aliphatic carbocycles. The van der Waals surface area contributed by atoms with Crippen LogP contribution >= 0.6 is 0 Å². The minimum absolute atomic E-state index is 0.169.